The number of hydrogen-bond donors (Lipinski definition) is 2. The van der Waals surface area contributed by atoms with Crippen molar-refractivity contribution in [3.05, 3.63) is 68.6 Å². The molecule has 0 atom stereocenters. The third kappa shape index (κ3) is 2.32. The van der Waals surface area contributed by atoms with Gasteiger partial charge in [-0.3, -0.25) is 9.59 Å². The van der Waals surface area contributed by atoms with Crippen LogP contribution in [0.1, 0.15) is 12.5 Å². The summed E-state index contributed by atoms with van der Waals surface area (Å²) in [7, 11) is 0. The van der Waals surface area contributed by atoms with E-state index in [9.17, 15) is 9.59 Å². The standard InChI is InChI=1S/C14H14N2O2/c1-2-8-15-11-12(14(18)13(11)17)16-9-10-6-4-3-5-7-10/h2-8,15-16H,9H2,1H3/b8-2+. The molecule has 0 amide bonds. The maximum absolute atomic E-state index is 11.4. The molecule has 4 heteroatoms. The SMILES string of the molecule is C/C=C/Nc1c(NCc2ccccc2)c(=O)c1=O. The largest absolute Gasteiger partial charge is 0.376 e. The van der Waals surface area contributed by atoms with E-state index in [1.165, 1.54) is 0 Å². The van der Waals surface area contributed by atoms with Crippen LogP contribution >= 0.6 is 0 Å². The van der Waals surface area contributed by atoms with Gasteiger partial charge < -0.3 is 10.6 Å². The zero-order chi connectivity index (χ0) is 13.0. The van der Waals surface area contributed by atoms with Gasteiger partial charge in [0.25, 0.3) is 10.9 Å². The summed E-state index contributed by atoms with van der Waals surface area (Å²) in [6.07, 6.45) is 3.39. The van der Waals surface area contributed by atoms with Gasteiger partial charge in [0, 0.05) is 6.54 Å². The second-order valence-corrected chi connectivity index (χ2v) is 3.89. The first-order valence-electron chi connectivity index (χ1n) is 5.73. The number of rotatable bonds is 5. The van der Waals surface area contributed by atoms with Crippen molar-refractivity contribution in [1.82, 2.24) is 0 Å². The molecular weight excluding hydrogens is 228 g/mol. The lowest BCUT2D eigenvalue weighted by Crippen LogP contribution is -2.36. The van der Waals surface area contributed by atoms with Crippen LogP contribution < -0.4 is 21.5 Å². The van der Waals surface area contributed by atoms with E-state index in [4.69, 9.17) is 0 Å². The van der Waals surface area contributed by atoms with Crippen molar-refractivity contribution < 1.29 is 0 Å². The van der Waals surface area contributed by atoms with Crippen LogP contribution in [0.15, 0.2) is 52.2 Å². The average Bonchev–Trinajstić information content (AvgIpc) is 2.42. The Hall–Kier alpha value is -2.36. The highest BCUT2D eigenvalue weighted by Crippen LogP contribution is 2.15. The Labute approximate surface area is 105 Å². The molecule has 0 unspecified atom stereocenters. The van der Waals surface area contributed by atoms with Gasteiger partial charge in [-0.05, 0) is 18.7 Å². The Morgan fingerprint density at radius 3 is 2.39 bits per heavy atom. The molecule has 0 spiro atoms. The van der Waals surface area contributed by atoms with Crippen molar-refractivity contribution in [2.45, 2.75) is 13.5 Å². The topological polar surface area (TPSA) is 58.2 Å². The molecule has 2 N–H and O–H groups in total. The number of hydrogen-bond acceptors (Lipinski definition) is 4. The molecule has 92 valence electrons. The molecule has 0 fully saturated rings. The molecule has 2 aromatic carbocycles. The van der Waals surface area contributed by atoms with E-state index >= 15 is 0 Å². The molecule has 0 saturated carbocycles. The Morgan fingerprint density at radius 1 is 1.06 bits per heavy atom. The van der Waals surface area contributed by atoms with Gasteiger partial charge in [-0.25, -0.2) is 0 Å². The van der Waals surface area contributed by atoms with E-state index in [-0.39, 0.29) is 0 Å². The predicted molar refractivity (Wildman–Crippen MR) is 73.6 cm³/mol. The summed E-state index contributed by atoms with van der Waals surface area (Å²) in [6.45, 7) is 2.35. The van der Waals surface area contributed by atoms with Gasteiger partial charge in [0.05, 0.1) is 0 Å². The number of benzene rings is 1. The first kappa shape index (κ1) is 12.1. The number of allylic oxidation sites excluding steroid dienone is 1. The van der Waals surface area contributed by atoms with E-state index in [1.54, 1.807) is 12.3 Å². The molecule has 0 aliphatic rings. The van der Waals surface area contributed by atoms with E-state index in [2.05, 4.69) is 10.6 Å². The van der Waals surface area contributed by atoms with Gasteiger partial charge in [0.15, 0.2) is 0 Å². The predicted octanol–water partition coefficient (Wildman–Crippen LogP) is 1.84. The van der Waals surface area contributed by atoms with Crippen molar-refractivity contribution >= 4 is 11.4 Å². The molecule has 2 aromatic rings. The molecule has 0 aromatic heterocycles. The summed E-state index contributed by atoms with van der Waals surface area (Å²) in [5.74, 6) is 0. The average molecular weight is 242 g/mol. The van der Waals surface area contributed by atoms with E-state index in [1.807, 2.05) is 37.3 Å². The second kappa shape index (κ2) is 5.31. The van der Waals surface area contributed by atoms with Crippen molar-refractivity contribution in [3.8, 4) is 0 Å². The maximum Gasteiger partial charge on any atom is 0.253 e. The normalized spacial score (nSPS) is 10.9. The number of nitrogens with one attached hydrogen (secondary N) is 2. The zero-order valence-corrected chi connectivity index (χ0v) is 10.1. The van der Waals surface area contributed by atoms with E-state index in [0.29, 0.717) is 17.9 Å². The molecule has 0 bridgehead atoms. The fourth-order valence-corrected chi connectivity index (χ4v) is 1.65. The highest BCUT2D eigenvalue weighted by Gasteiger charge is 2.19. The summed E-state index contributed by atoms with van der Waals surface area (Å²) in [6, 6.07) is 9.70. The molecule has 0 saturated heterocycles. The van der Waals surface area contributed by atoms with E-state index < -0.39 is 10.9 Å². The Kier molecular flexibility index (Phi) is 3.57. The zero-order valence-electron chi connectivity index (χ0n) is 10.1. The van der Waals surface area contributed by atoms with Crippen LogP contribution in [0, 0.1) is 0 Å². The van der Waals surface area contributed by atoms with E-state index in [0.717, 1.165) is 5.56 Å². The molecule has 0 aliphatic carbocycles. The van der Waals surface area contributed by atoms with Gasteiger partial charge in [-0.2, -0.15) is 0 Å². The van der Waals surface area contributed by atoms with Crippen molar-refractivity contribution in [2.75, 3.05) is 10.6 Å². The van der Waals surface area contributed by atoms with Crippen LogP contribution in [-0.2, 0) is 6.54 Å². The summed E-state index contributed by atoms with van der Waals surface area (Å²) in [5, 5.41) is 5.79. The minimum atomic E-state index is -0.469. The molecule has 0 heterocycles. The van der Waals surface area contributed by atoms with Crippen LogP contribution in [0.2, 0.25) is 0 Å². The van der Waals surface area contributed by atoms with Crippen molar-refractivity contribution in [1.29, 1.82) is 0 Å². The monoisotopic (exact) mass is 242 g/mol. The quantitative estimate of drug-likeness (QED) is 0.785. The molecular formula is C14H14N2O2. The van der Waals surface area contributed by atoms with Crippen molar-refractivity contribution in [3.63, 3.8) is 0 Å². The first-order chi connectivity index (χ1) is 8.74. The van der Waals surface area contributed by atoms with Crippen LogP contribution in [-0.4, -0.2) is 0 Å². The fraction of sp³-hybridized carbons (Fsp3) is 0.143. The van der Waals surface area contributed by atoms with Crippen LogP contribution in [0.25, 0.3) is 0 Å². The van der Waals surface area contributed by atoms with Gasteiger partial charge in [0.2, 0.25) is 0 Å². The third-order valence-electron chi connectivity index (χ3n) is 2.62. The Bertz CT molecular complexity index is 623. The van der Waals surface area contributed by atoms with Crippen molar-refractivity contribution in [2.24, 2.45) is 0 Å². The fourth-order valence-electron chi connectivity index (χ4n) is 1.65. The smallest absolute Gasteiger partial charge is 0.253 e. The van der Waals surface area contributed by atoms with Crippen LogP contribution in [0.3, 0.4) is 0 Å². The lowest BCUT2D eigenvalue weighted by Gasteiger charge is -2.12. The third-order valence-corrected chi connectivity index (χ3v) is 2.62. The minimum Gasteiger partial charge on any atom is -0.376 e. The molecule has 0 radical (unpaired) electrons. The highest BCUT2D eigenvalue weighted by atomic mass is 16.2. The summed E-state index contributed by atoms with van der Waals surface area (Å²) in [5.41, 5.74) is 0.833. The summed E-state index contributed by atoms with van der Waals surface area (Å²) < 4.78 is 0. The lowest BCUT2D eigenvalue weighted by molar-refractivity contribution is 1.13. The minimum absolute atomic E-state index is 0.342. The first-order valence-corrected chi connectivity index (χ1v) is 5.73. The highest BCUT2D eigenvalue weighted by molar-refractivity contribution is 5.74. The van der Waals surface area contributed by atoms with Gasteiger partial charge >= 0.3 is 0 Å². The summed E-state index contributed by atoms with van der Waals surface area (Å²) >= 11 is 0. The Morgan fingerprint density at radius 2 is 1.72 bits per heavy atom. The lowest BCUT2D eigenvalue weighted by atomic mass is 10.1. The maximum atomic E-state index is 11.4. The summed E-state index contributed by atoms with van der Waals surface area (Å²) in [4.78, 5) is 22.8. The second-order valence-electron chi connectivity index (χ2n) is 3.89. The molecule has 2 rings (SSSR count). The number of anilines is 2. The molecule has 18 heavy (non-hydrogen) atoms. The Balaban J connectivity index is 2.08. The van der Waals surface area contributed by atoms with Crippen LogP contribution in [0.4, 0.5) is 11.4 Å². The van der Waals surface area contributed by atoms with Gasteiger partial charge in [-0.15, -0.1) is 0 Å². The molecule has 0 aliphatic heterocycles. The van der Waals surface area contributed by atoms with Crippen LogP contribution in [0.5, 0.6) is 0 Å². The van der Waals surface area contributed by atoms with Gasteiger partial charge in [-0.1, -0.05) is 36.4 Å². The van der Waals surface area contributed by atoms with Gasteiger partial charge in [0.1, 0.15) is 11.4 Å². The molecule has 4 nitrogen and oxygen atoms in total.